The van der Waals surface area contributed by atoms with Gasteiger partial charge in [-0.1, -0.05) is 0 Å². The summed E-state index contributed by atoms with van der Waals surface area (Å²) in [4.78, 5) is 4.48. The van der Waals surface area contributed by atoms with E-state index in [1.807, 2.05) is 11.4 Å². The van der Waals surface area contributed by atoms with E-state index in [9.17, 15) is 5.11 Å². The van der Waals surface area contributed by atoms with Crippen LogP contribution in [-0.4, -0.2) is 10.1 Å². The van der Waals surface area contributed by atoms with Gasteiger partial charge in [0.15, 0.2) is 0 Å². The summed E-state index contributed by atoms with van der Waals surface area (Å²) in [5.41, 5.74) is 2.02. The van der Waals surface area contributed by atoms with Crippen LogP contribution < -0.4 is 0 Å². The van der Waals surface area contributed by atoms with Crippen LogP contribution in [0.3, 0.4) is 0 Å². The predicted octanol–water partition coefficient (Wildman–Crippen LogP) is 3.73. The van der Waals surface area contributed by atoms with E-state index < -0.39 is 0 Å². The fraction of sp³-hybridized carbons (Fsp3) is 0. The number of benzene rings is 1. The van der Waals surface area contributed by atoms with Gasteiger partial charge in [-0.15, -0.1) is 11.3 Å². The number of rotatable bonds is 1. The molecule has 0 radical (unpaired) electrons. The Kier molecular flexibility index (Phi) is 1.97. The Morgan fingerprint density at radius 3 is 2.93 bits per heavy atom. The Morgan fingerprint density at radius 1 is 1.20 bits per heavy atom. The second kappa shape index (κ2) is 3.32. The maximum Gasteiger partial charge on any atom is 0.125 e. The highest BCUT2D eigenvalue weighted by Gasteiger charge is 2.06. The van der Waals surface area contributed by atoms with E-state index >= 15 is 0 Å². The largest absolute Gasteiger partial charge is 0.508 e. The van der Waals surface area contributed by atoms with Crippen LogP contribution in [-0.2, 0) is 0 Å². The van der Waals surface area contributed by atoms with Crippen LogP contribution in [0.1, 0.15) is 0 Å². The molecule has 2 aromatic heterocycles. The summed E-state index contributed by atoms with van der Waals surface area (Å²) in [5.74, 6) is 0.268. The molecule has 0 saturated heterocycles. The molecule has 0 amide bonds. The van der Waals surface area contributed by atoms with Crippen LogP contribution in [0.4, 0.5) is 0 Å². The monoisotopic (exact) mass is 233 g/mol. The lowest BCUT2D eigenvalue weighted by Crippen LogP contribution is -1.70. The fourth-order valence-corrected chi connectivity index (χ4v) is 3.08. The number of thiophene rings is 1. The molecule has 0 aliphatic rings. The number of aromatic nitrogens is 1. The van der Waals surface area contributed by atoms with Gasteiger partial charge in [0.25, 0.3) is 0 Å². The van der Waals surface area contributed by atoms with Crippen molar-refractivity contribution in [1.82, 2.24) is 4.98 Å². The topological polar surface area (TPSA) is 33.1 Å². The van der Waals surface area contributed by atoms with E-state index in [1.165, 1.54) is 0 Å². The standard InChI is InChI=1S/C11H7NOS2/c13-8-1-2-10-9(5-8)12-11(15-10)7-3-4-14-6-7/h1-6,13H. The minimum Gasteiger partial charge on any atom is -0.508 e. The van der Waals surface area contributed by atoms with Crippen molar-refractivity contribution in [3.63, 3.8) is 0 Å². The highest BCUT2D eigenvalue weighted by Crippen LogP contribution is 2.32. The molecule has 0 atom stereocenters. The van der Waals surface area contributed by atoms with E-state index in [1.54, 1.807) is 34.8 Å². The average Bonchev–Trinajstić information content (AvgIpc) is 2.84. The van der Waals surface area contributed by atoms with Crippen LogP contribution in [0.15, 0.2) is 35.0 Å². The molecule has 2 nitrogen and oxygen atoms in total. The van der Waals surface area contributed by atoms with Crippen LogP contribution in [0.25, 0.3) is 20.8 Å². The van der Waals surface area contributed by atoms with E-state index in [2.05, 4.69) is 16.4 Å². The predicted molar refractivity (Wildman–Crippen MR) is 64.6 cm³/mol. The lowest BCUT2D eigenvalue weighted by molar-refractivity contribution is 0.476. The first-order valence-corrected chi connectivity index (χ1v) is 6.21. The smallest absolute Gasteiger partial charge is 0.125 e. The maximum absolute atomic E-state index is 9.34. The van der Waals surface area contributed by atoms with Crippen molar-refractivity contribution in [1.29, 1.82) is 0 Å². The first-order chi connectivity index (χ1) is 7.33. The Morgan fingerprint density at radius 2 is 2.13 bits per heavy atom. The minimum absolute atomic E-state index is 0.268. The van der Waals surface area contributed by atoms with Crippen molar-refractivity contribution >= 4 is 32.9 Å². The number of nitrogens with zero attached hydrogens (tertiary/aromatic N) is 1. The molecule has 0 aliphatic heterocycles. The summed E-state index contributed by atoms with van der Waals surface area (Å²) in [6.45, 7) is 0. The zero-order chi connectivity index (χ0) is 10.3. The number of fused-ring (bicyclic) bond motifs is 1. The molecule has 0 bridgehead atoms. The van der Waals surface area contributed by atoms with Crippen molar-refractivity contribution in [2.75, 3.05) is 0 Å². The SMILES string of the molecule is Oc1ccc2sc(-c3ccsc3)nc2c1. The third kappa shape index (κ3) is 1.52. The fourth-order valence-electron chi connectivity index (χ4n) is 1.43. The molecule has 0 spiro atoms. The molecule has 2 heterocycles. The van der Waals surface area contributed by atoms with Gasteiger partial charge >= 0.3 is 0 Å². The molecule has 15 heavy (non-hydrogen) atoms. The lowest BCUT2D eigenvalue weighted by Gasteiger charge is -1.88. The Hall–Kier alpha value is -1.39. The summed E-state index contributed by atoms with van der Waals surface area (Å²) in [5, 5.41) is 14.5. The highest BCUT2D eigenvalue weighted by atomic mass is 32.1. The highest BCUT2D eigenvalue weighted by molar-refractivity contribution is 7.22. The van der Waals surface area contributed by atoms with Gasteiger partial charge < -0.3 is 5.11 Å². The van der Waals surface area contributed by atoms with E-state index in [0.717, 1.165) is 20.8 Å². The molecule has 74 valence electrons. The zero-order valence-electron chi connectivity index (χ0n) is 7.68. The van der Waals surface area contributed by atoms with Crippen molar-refractivity contribution < 1.29 is 5.11 Å². The molecule has 1 N–H and O–H groups in total. The number of phenols is 1. The van der Waals surface area contributed by atoms with Crippen LogP contribution in [0.5, 0.6) is 5.75 Å². The van der Waals surface area contributed by atoms with Gasteiger partial charge in [-0.2, -0.15) is 11.3 Å². The number of hydrogen-bond donors (Lipinski definition) is 1. The summed E-state index contributed by atoms with van der Waals surface area (Å²) in [6.07, 6.45) is 0. The first-order valence-electron chi connectivity index (χ1n) is 4.45. The number of aromatic hydroxyl groups is 1. The molecule has 0 aliphatic carbocycles. The third-order valence-electron chi connectivity index (χ3n) is 2.14. The second-order valence-electron chi connectivity index (χ2n) is 3.18. The Bertz CT molecular complexity index is 598. The summed E-state index contributed by atoms with van der Waals surface area (Å²) in [6, 6.07) is 7.35. The Labute approximate surface area is 94.5 Å². The quantitative estimate of drug-likeness (QED) is 0.694. The van der Waals surface area contributed by atoms with Gasteiger partial charge in [0.1, 0.15) is 10.8 Å². The summed E-state index contributed by atoms with van der Waals surface area (Å²) in [7, 11) is 0. The van der Waals surface area contributed by atoms with Crippen molar-refractivity contribution in [3.8, 4) is 16.3 Å². The Balaban J connectivity index is 2.22. The second-order valence-corrected chi connectivity index (χ2v) is 4.99. The molecule has 4 heteroatoms. The van der Waals surface area contributed by atoms with E-state index in [0.29, 0.717) is 0 Å². The van der Waals surface area contributed by atoms with Gasteiger partial charge in [-0.05, 0) is 23.6 Å². The molecule has 3 aromatic rings. The molecule has 0 unspecified atom stereocenters. The molecule has 3 rings (SSSR count). The van der Waals surface area contributed by atoms with Crippen molar-refractivity contribution in [2.24, 2.45) is 0 Å². The number of phenolic OH excluding ortho intramolecular Hbond substituents is 1. The van der Waals surface area contributed by atoms with Crippen LogP contribution in [0.2, 0.25) is 0 Å². The minimum atomic E-state index is 0.268. The zero-order valence-corrected chi connectivity index (χ0v) is 9.31. The molecule has 0 fully saturated rings. The lowest BCUT2D eigenvalue weighted by atomic mass is 10.3. The van der Waals surface area contributed by atoms with Gasteiger partial charge in [0.2, 0.25) is 0 Å². The van der Waals surface area contributed by atoms with Crippen LogP contribution >= 0.6 is 22.7 Å². The van der Waals surface area contributed by atoms with Gasteiger partial charge in [0.05, 0.1) is 10.2 Å². The molecular formula is C11H7NOS2. The summed E-state index contributed by atoms with van der Waals surface area (Å²) < 4.78 is 1.11. The first kappa shape index (κ1) is 8.88. The van der Waals surface area contributed by atoms with Gasteiger partial charge in [-0.25, -0.2) is 4.98 Å². The normalized spacial score (nSPS) is 10.9. The van der Waals surface area contributed by atoms with Crippen LogP contribution in [0, 0.1) is 0 Å². The number of hydrogen-bond acceptors (Lipinski definition) is 4. The molecule has 0 saturated carbocycles. The number of thiazole rings is 1. The molecular weight excluding hydrogens is 226 g/mol. The van der Waals surface area contributed by atoms with Gasteiger partial charge in [-0.3, -0.25) is 0 Å². The van der Waals surface area contributed by atoms with Crippen molar-refractivity contribution in [3.05, 3.63) is 35.0 Å². The van der Waals surface area contributed by atoms with E-state index in [-0.39, 0.29) is 5.75 Å². The third-order valence-corrected chi connectivity index (χ3v) is 3.91. The van der Waals surface area contributed by atoms with E-state index in [4.69, 9.17) is 0 Å². The molecule has 1 aromatic carbocycles. The summed E-state index contributed by atoms with van der Waals surface area (Å²) >= 11 is 3.31. The average molecular weight is 233 g/mol. The van der Waals surface area contributed by atoms with Gasteiger partial charge in [0, 0.05) is 17.0 Å². The maximum atomic E-state index is 9.34. The van der Waals surface area contributed by atoms with Crippen molar-refractivity contribution in [2.45, 2.75) is 0 Å².